The van der Waals surface area contributed by atoms with Gasteiger partial charge in [0, 0.05) is 24.7 Å². The van der Waals surface area contributed by atoms with E-state index < -0.39 is 0 Å². The van der Waals surface area contributed by atoms with Crippen LogP contribution in [-0.4, -0.2) is 31.6 Å². The highest BCUT2D eigenvalue weighted by atomic mass is 16.5. The lowest BCUT2D eigenvalue weighted by Crippen LogP contribution is -2.32. The molecule has 1 aromatic rings. The highest BCUT2D eigenvalue weighted by Gasteiger charge is 2.19. The van der Waals surface area contributed by atoms with E-state index in [1.807, 2.05) is 19.1 Å². The summed E-state index contributed by atoms with van der Waals surface area (Å²) in [6.07, 6.45) is 2.54. The predicted molar refractivity (Wildman–Crippen MR) is 71.0 cm³/mol. The van der Waals surface area contributed by atoms with E-state index in [9.17, 15) is 4.79 Å². The summed E-state index contributed by atoms with van der Waals surface area (Å²) in [7, 11) is 0. The zero-order valence-electron chi connectivity index (χ0n) is 10.7. The van der Waals surface area contributed by atoms with Crippen molar-refractivity contribution >= 4 is 5.91 Å². The Kier molecular flexibility index (Phi) is 4.59. The van der Waals surface area contributed by atoms with Gasteiger partial charge in [-0.15, -0.1) is 0 Å². The summed E-state index contributed by atoms with van der Waals surface area (Å²) in [5.41, 5.74) is 0.671. The quantitative estimate of drug-likeness (QED) is 0.720. The van der Waals surface area contributed by atoms with Crippen LogP contribution in [0.3, 0.4) is 0 Å². The zero-order chi connectivity index (χ0) is 12.8. The summed E-state index contributed by atoms with van der Waals surface area (Å²) in [5, 5.41) is 6.25. The van der Waals surface area contributed by atoms with E-state index in [0.717, 1.165) is 12.3 Å². The van der Waals surface area contributed by atoms with E-state index in [1.54, 1.807) is 12.1 Å². The summed E-state index contributed by atoms with van der Waals surface area (Å²) in [6, 6.07) is 7.90. The van der Waals surface area contributed by atoms with Gasteiger partial charge in [-0.3, -0.25) is 4.79 Å². The first-order valence-corrected chi connectivity index (χ1v) is 6.54. The molecule has 0 bridgehead atoms. The lowest BCUT2D eigenvalue weighted by Gasteiger charge is -2.07. The molecule has 1 aromatic carbocycles. The van der Waals surface area contributed by atoms with Crippen LogP contribution in [-0.2, 0) is 0 Å². The van der Waals surface area contributed by atoms with Crippen molar-refractivity contribution in [3.63, 3.8) is 0 Å². The molecule has 4 heteroatoms. The van der Waals surface area contributed by atoms with Gasteiger partial charge in [0.1, 0.15) is 5.75 Å². The minimum atomic E-state index is -0.0318. The molecule has 0 aromatic heterocycles. The van der Waals surface area contributed by atoms with E-state index in [4.69, 9.17) is 4.74 Å². The number of carbonyl (C=O) groups is 1. The second-order valence-corrected chi connectivity index (χ2v) is 4.44. The van der Waals surface area contributed by atoms with Crippen molar-refractivity contribution in [1.82, 2.24) is 10.6 Å². The third-order valence-electron chi connectivity index (χ3n) is 2.85. The number of hydrogen-bond acceptors (Lipinski definition) is 3. The van der Waals surface area contributed by atoms with Crippen molar-refractivity contribution in [2.24, 2.45) is 0 Å². The molecule has 0 radical (unpaired) electrons. The Hall–Kier alpha value is -1.55. The summed E-state index contributed by atoms with van der Waals surface area (Å²) >= 11 is 0. The van der Waals surface area contributed by atoms with Gasteiger partial charge >= 0.3 is 0 Å². The highest BCUT2D eigenvalue weighted by molar-refractivity contribution is 5.94. The molecule has 1 fully saturated rings. The molecule has 2 N–H and O–H groups in total. The first kappa shape index (κ1) is 12.9. The van der Waals surface area contributed by atoms with Gasteiger partial charge in [0.15, 0.2) is 0 Å². The van der Waals surface area contributed by atoms with Crippen molar-refractivity contribution in [2.75, 3.05) is 19.7 Å². The summed E-state index contributed by atoms with van der Waals surface area (Å²) < 4.78 is 5.33. The molecule has 1 saturated carbocycles. The molecule has 1 aliphatic carbocycles. The van der Waals surface area contributed by atoms with Crippen LogP contribution >= 0.6 is 0 Å². The lowest BCUT2D eigenvalue weighted by molar-refractivity contribution is 0.0954. The average Bonchev–Trinajstić information content (AvgIpc) is 3.20. The molecule has 1 amide bonds. The first-order valence-electron chi connectivity index (χ1n) is 6.54. The van der Waals surface area contributed by atoms with Crippen LogP contribution in [0.25, 0.3) is 0 Å². The van der Waals surface area contributed by atoms with Gasteiger partial charge < -0.3 is 15.4 Å². The van der Waals surface area contributed by atoms with Crippen molar-refractivity contribution < 1.29 is 9.53 Å². The number of benzene rings is 1. The minimum Gasteiger partial charge on any atom is -0.494 e. The maximum atomic E-state index is 11.8. The van der Waals surface area contributed by atoms with E-state index in [0.29, 0.717) is 24.8 Å². The Labute approximate surface area is 108 Å². The normalized spacial score (nSPS) is 14.3. The third kappa shape index (κ3) is 4.04. The fourth-order valence-corrected chi connectivity index (χ4v) is 1.71. The number of carbonyl (C=O) groups excluding carboxylic acids is 1. The second kappa shape index (κ2) is 6.40. The maximum Gasteiger partial charge on any atom is 0.251 e. The number of amides is 1. The van der Waals surface area contributed by atoms with Gasteiger partial charge in [-0.25, -0.2) is 0 Å². The van der Waals surface area contributed by atoms with Gasteiger partial charge in [-0.2, -0.15) is 0 Å². The molecule has 4 nitrogen and oxygen atoms in total. The summed E-state index contributed by atoms with van der Waals surface area (Å²) in [5.74, 6) is 0.764. The minimum absolute atomic E-state index is 0.0318. The molecule has 98 valence electrons. The number of ether oxygens (including phenoxy) is 1. The third-order valence-corrected chi connectivity index (χ3v) is 2.85. The first-order chi connectivity index (χ1) is 8.79. The van der Waals surface area contributed by atoms with Crippen molar-refractivity contribution in [3.05, 3.63) is 29.8 Å². The predicted octanol–water partition coefficient (Wildman–Crippen LogP) is 1.57. The maximum absolute atomic E-state index is 11.8. The molecule has 2 rings (SSSR count). The molecule has 0 spiro atoms. The van der Waals surface area contributed by atoms with Crippen LogP contribution in [0.15, 0.2) is 24.3 Å². The number of hydrogen-bond donors (Lipinski definition) is 2. The fraction of sp³-hybridized carbons (Fsp3) is 0.500. The van der Waals surface area contributed by atoms with Crippen molar-refractivity contribution in [1.29, 1.82) is 0 Å². The SMILES string of the molecule is CCOc1ccc(C(=O)NCCNC2CC2)cc1. The largest absolute Gasteiger partial charge is 0.494 e. The molecule has 0 aliphatic heterocycles. The van der Waals surface area contributed by atoms with Gasteiger partial charge in [-0.05, 0) is 44.0 Å². The Morgan fingerprint density at radius 3 is 2.61 bits per heavy atom. The van der Waals surface area contributed by atoms with Crippen LogP contribution in [0, 0.1) is 0 Å². The molecule has 0 heterocycles. The van der Waals surface area contributed by atoms with Crippen LogP contribution in [0.2, 0.25) is 0 Å². The Morgan fingerprint density at radius 2 is 2.00 bits per heavy atom. The van der Waals surface area contributed by atoms with Crippen molar-refractivity contribution in [3.8, 4) is 5.75 Å². The highest BCUT2D eigenvalue weighted by Crippen LogP contribution is 2.17. The molecule has 0 unspecified atom stereocenters. The van der Waals surface area contributed by atoms with Gasteiger partial charge in [0.05, 0.1) is 6.61 Å². The zero-order valence-corrected chi connectivity index (χ0v) is 10.7. The van der Waals surface area contributed by atoms with E-state index >= 15 is 0 Å². The van der Waals surface area contributed by atoms with Gasteiger partial charge in [-0.1, -0.05) is 0 Å². The summed E-state index contributed by atoms with van der Waals surface area (Å²) in [6.45, 7) is 4.09. The molecular weight excluding hydrogens is 228 g/mol. The second-order valence-electron chi connectivity index (χ2n) is 4.44. The lowest BCUT2D eigenvalue weighted by atomic mass is 10.2. The van der Waals surface area contributed by atoms with E-state index in [1.165, 1.54) is 12.8 Å². The fourth-order valence-electron chi connectivity index (χ4n) is 1.71. The monoisotopic (exact) mass is 248 g/mol. The van der Waals surface area contributed by atoms with E-state index in [2.05, 4.69) is 10.6 Å². The Bertz CT molecular complexity index is 385. The average molecular weight is 248 g/mol. The molecule has 0 saturated heterocycles. The molecule has 1 aliphatic rings. The van der Waals surface area contributed by atoms with Crippen LogP contribution in [0.5, 0.6) is 5.75 Å². The molecule has 18 heavy (non-hydrogen) atoms. The molecule has 0 atom stereocenters. The van der Waals surface area contributed by atoms with Gasteiger partial charge in [0.2, 0.25) is 0 Å². The van der Waals surface area contributed by atoms with E-state index in [-0.39, 0.29) is 5.91 Å². The van der Waals surface area contributed by atoms with Crippen LogP contribution in [0.1, 0.15) is 30.1 Å². The van der Waals surface area contributed by atoms with Crippen LogP contribution in [0.4, 0.5) is 0 Å². The van der Waals surface area contributed by atoms with Gasteiger partial charge in [0.25, 0.3) is 5.91 Å². The topological polar surface area (TPSA) is 50.4 Å². The summed E-state index contributed by atoms with van der Waals surface area (Å²) in [4.78, 5) is 11.8. The smallest absolute Gasteiger partial charge is 0.251 e. The number of rotatable bonds is 7. The number of nitrogens with one attached hydrogen (secondary N) is 2. The van der Waals surface area contributed by atoms with Crippen molar-refractivity contribution in [2.45, 2.75) is 25.8 Å². The Balaban J connectivity index is 1.72. The standard InChI is InChI=1S/C14H20N2O2/c1-2-18-13-7-3-11(4-8-13)14(17)16-10-9-15-12-5-6-12/h3-4,7-8,12,15H,2,5-6,9-10H2,1H3,(H,16,17). The molecular formula is C14H20N2O2. The Morgan fingerprint density at radius 1 is 1.28 bits per heavy atom. The van der Waals surface area contributed by atoms with Crippen LogP contribution < -0.4 is 15.4 Å².